The lowest BCUT2D eigenvalue weighted by atomic mass is 10.2. The van der Waals surface area contributed by atoms with Gasteiger partial charge in [0.05, 0.1) is 30.3 Å². The zero-order valence-corrected chi connectivity index (χ0v) is 14.1. The number of aromatic nitrogens is 1. The van der Waals surface area contributed by atoms with Crippen LogP contribution in [0.1, 0.15) is 23.5 Å². The van der Waals surface area contributed by atoms with Crippen molar-refractivity contribution in [3.63, 3.8) is 0 Å². The number of methoxy groups -OCH3 is 1. The Balaban J connectivity index is 2.17. The van der Waals surface area contributed by atoms with Crippen LogP contribution in [0.15, 0.2) is 24.3 Å². The van der Waals surface area contributed by atoms with Gasteiger partial charge in [-0.3, -0.25) is 4.79 Å². The molecule has 0 fully saturated rings. The standard InChI is InChI=1S/C16H21N3O2S/c1-10(18-14(20)9-17-3)15-11(2)19-16(22-15)12-5-7-13(21-4)8-6-12/h5-8,10,17H,9H2,1-4H3,(H,18,20). The van der Waals surface area contributed by atoms with Gasteiger partial charge in [0.15, 0.2) is 0 Å². The fraction of sp³-hybridized carbons (Fsp3) is 0.375. The van der Waals surface area contributed by atoms with Gasteiger partial charge in [0.1, 0.15) is 10.8 Å². The summed E-state index contributed by atoms with van der Waals surface area (Å²) in [4.78, 5) is 17.4. The summed E-state index contributed by atoms with van der Waals surface area (Å²) in [5.74, 6) is 0.804. The van der Waals surface area contributed by atoms with E-state index in [9.17, 15) is 4.79 Å². The molecule has 1 unspecified atom stereocenters. The molecule has 6 heteroatoms. The minimum absolute atomic E-state index is 0.0196. The van der Waals surface area contributed by atoms with Crippen molar-refractivity contribution in [2.45, 2.75) is 19.9 Å². The zero-order valence-electron chi connectivity index (χ0n) is 13.3. The van der Waals surface area contributed by atoms with Crippen molar-refractivity contribution in [2.75, 3.05) is 20.7 Å². The predicted molar refractivity (Wildman–Crippen MR) is 89.3 cm³/mol. The maximum absolute atomic E-state index is 11.7. The Labute approximate surface area is 134 Å². The van der Waals surface area contributed by atoms with Crippen molar-refractivity contribution in [2.24, 2.45) is 0 Å². The first-order valence-electron chi connectivity index (χ1n) is 7.11. The Hall–Kier alpha value is -1.92. The van der Waals surface area contributed by atoms with E-state index >= 15 is 0 Å². The van der Waals surface area contributed by atoms with Crippen LogP contribution in [-0.2, 0) is 4.79 Å². The molecule has 2 aromatic rings. The van der Waals surface area contributed by atoms with Crippen molar-refractivity contribution in [1.29, 1.82) is 0 Å². The zero-order chi connectivity index (χ0) is 16.1. The van der Waals surface area contributed by atoms with Gasteiger partial charge in [-0.15, -0.1) is 11.3 Å². The minimum atomic E-state index is -0.0506. The maximum atomic E-state index is 11.7. The molecule has 0 bridgehead atoms. The fourth-order valence-electron chi connectivity index (χ4n) is 2.19. The molecule has 1 amide bonds. The van der Waals surface area contributed by atoms with E-state index in [4.69, 9.17) is 4.74 Å². The molecule has 2 rings (SSSR count). The Morgan fingerprint density at radius 1 is 1.36 bits per heavy atom. The van der Waals surface area contributed by atoms with Crippen LogP contribution < -0.4 is 15.4 Å². The Kier molecular flexibility index (Phi) is 5.51. The summed E-state index contributed by atoms with van der Waals surface area (Å²) in [6, 6.07) is 7.77. The van der Waals surface area contributed by atoms with Gasteiger partial charge >= 0.3 is 0 Å². The van der Waals surface area contributed by atoms with Crippen molar-refractivity contribution in [1.82, 2.24) is 15.6 Å². The summed E-state index contributed by atoms with van der Waals surface area (Å²) in [5, 5.41) is 6.76. The number of amides is 1. The van der Waals surface area contributed by atoms with E-state index in [1.165, 1.54) is 0 Å². The van der Waals surface area contributed by atoms with E-state index < -0.39 is 0 Å². The molecule has 1 atom stereocenters. The quantitative estimate of drug-likeness (QED) is 0.859. The van der Waals surface area contributed by atoms with Gasteiger partial charge < -0.3 is 15.4 Å². The van der Waals surface area contributed by atoms with E-state index in [1.807, 2.05) is 38.1 Å². The molecule has 0 aliphatic heterocycles. The molecule has 22 heavy (non-hydrogen) atoms. The van der Waals surface area contributed by atoms with Crippen molar-refractivity contribution < 1.29 is 9.53 Å². The average molecular weight is 319 g/mol. The summed E-state index contributed by atoms with van der Waals surface area (Å²) in [6.07, 6.45) is 0. The lowest BCUT2D eigenvalue weighted by molar-refractivity contribution is -0.120. The summed E-state index contributed by atoms with van der Waals surface area (Å²) in [6.45, 7) is 4.26. The third kappa shape index (κ3) is 3.84. The summed E-state index contributed by atoms with van der Waals surface area (Å²) in [5.41, 5.74) is 2.00. The SMILES string of the molecule is CNCC(=O)NC(C)c1sc(-c2ccc(OC)cc2)nc1C. The molecule has 0 saturated carbocycles. The van der Waals surface area contributed by atoms with E-state index in [1.54, 1.807) is 25.5 Å². The van der Waals surface area contributed by atoms with Crippen LogP contribution in [0, 0.1) is 6.92 Å². The first-order chi connectivity index (χ1) is 10.5. The van der Waals surface area contributed by atoms with Crippen molar-refractivity contribution in [3.8, 4) is 16.3 Å². The molecule has 1 heterocycles. The number of nitrogens with one attached hydrogen (secondary N) is 2. The van der Waals surface area contributed by atoms with E-state index in [0.29, 0.717) is 6.54 Å². The van der Waals surface area contributed by atoms with Gasteiger partial charge in [0, 0.05) is 5.56 Å². The summed E-state index contributed by atoms with van der Waals surface area (Å²) < 4.78 is 5.17. The van der Waals surface area contributed by atoms with Crippen LogP contribution in [0.4, 0.5) is 0 Å². The number of benzene rings is 1. The van der Waals surface area contributed by atoms with Gasteiger partial charge in [-0.2, -0.15) is 0 Å². The fourth-order valence-corrected chi connectivity index (χ4v) is 3.26. The molecule has 1 aromatic heterocycles. The van der Waals surface area contributed by atoms with Crippen LogP contribution in [0.5, 0.6) is 5.75 Å². The highest BCUT2D eigenvalue weighted by Gasteiger charge is 2.17. The highest BCUT2D eigenvalue weighted by atomic mass is 32.1. The van der Waals surface area contributed by atoms with Gasteiger partial charge in [0.25, 0.3) is 0 Å². The van der Waals surface area contributed by atoms with Gasteiger partial charge in [-0.25, -0.2) is 4.98 Å². The number of rotatable bonds is 6. The molecule has 0 saturated heterocycles. The Bertz CT molecular complexity index is 637. The molecule has 2 N–H and O–H groups in total. The molecule has 0 aliphatic carbocycles. The predicted octanol–water partition coefficient (Wildman–Crippen LogP) is 2.52. The van der Waals surface area contributed by atoms with Crippen LogP contribution in [-0.4, -0.2) is 31.6 Å². The number of nitrogens with zero attached hydrogens (tertiary/aromatic N) is 1. The third-order valence-corrected chi connectivity index (χ3v) is 4.67. The molecular formula is C16H21N3O2S. The van der Waals surface area contributed by atoms with E-state index in [2.05, 4.69) is 15.6 Å². The normalized spacial score (nSPS) is 12.0. The number of aryl methyl sites for hydroxylation is 1. The number of likely N-dealkylation sites (N-methyl/N-ethyl adjacent to an activating group) is 1. The van der Waals surface area contributed by atoms with Gasteiger partial charge in [-0.1, -0.05) is 0 Å². The molecular weight excluding hydrogens is 298 g/mol. The lowest BCUT2D eigenvalue weighted by Crippen LogP contribution is -2.33. The number of hydrogen-bond acceptors (Lipinski definition) is 5. The molecule has 0 aliphatic rings. The van der Waals surface area contributed by atoms with Gasteiger partial charge in [-0.05, 0) is 45.2 Å². The maximum Gasteiger partial charge on any atom is 0.234 e. The smallest absolute Gasteiger partial charge is 0.234 e. The Morgan fingerprint density at radius 3 is 2.64 bits per heavy atom. The first kappa shape index (κ1) is 16.5. The second-order valence-electron chi connectivity index (χ2n) is 5.02. The van der Waals surface area contributed by atoms with E-state index in [-0.39, 0.29) is 11.9 Å². The highest BCUT2D eigenvalue weighted by molar-refractivity contribution is 7.15. The molecule has 1 aromatic carbocycles. The van der Waals surface area contributed by atoms with Crippen LogP contribution >= 0.6 is 11.3 Å². The summed E-state index contributed by atoms with van der Waals surface area (Å²) in [7, 11) is 3.40. The van der Waals surface area contributed by atoms with Gasteiger partial charge in [0.2, 0.25) is 5.91 Å². The number of thiazole rings is 1. The average Bonchev–Trinajstić information content (AvgIpc) is 2.89. The van der Waals surface area contributed by atoms with Crippen LogP contribution in [0.2, 0.25) is 0 Å². The minimum Gasteiger partial charge on any atom is -0.497 e. The second-order valence-corrected chi connectivity index (χ2v) is 6.05. The molecule has 5 nitrogen and oxygen atoms in total. The second kappa shape index (κ2) is 7.38. The number of ether oxygens (including phenoxy) is 1. The lowest BCUT2D eigenvalue weighted by Gasteiger charge is -2.12. The monoisotopic (exact) mass is 319 g/mol. The topological polar surface area (TPSA) is 63.2 Å². The largest absolute Gasteiger partial charge is 0.497 e. The molecule has 0 radical (unpaired) electrons. The van der Waals surface area contributed by atoms with Crippen LogP contribution in [0.25, 0.3) is 10.6 Å². The highest BCUT2D eigenvalue weighted by Crippen LogP contribution is 2.32. The van der Waals surface area contributed by atoms with E-state index in [0.717, 1.165) is 26.9 Å². The number of carbonyl (C=O) groups excluding carboxylic acids is 1. The van der Waals surface area contributed by atoms with Crippen molar-refractivity contribution >= 4 is 17.2 Å². The van der Waals surface area contributed by atoms with Crippen molar-refractivity contribution in [3.05, 3.63) is 34.8 Å². The summed E-state index contributed by atoms with van der Waals surface area (Å²) >= 11 is 1.61. The third-order valence-electron chi connectivity index (χ3n) is 3.28. The molecule has 0 spiro atoms. The molecule has 118 valence electrons. The number of carbonyl (C=O) groups is 1. The number of hydrogen-bond donors (Lipinski definition) is 2. The van der Waals surface area contributed by atoms with Crippen LogP contribution in [0.3, 0.4) is 0 Å². The first-order valence-corrected chi connectivity index (χ1v) is 7.92. The Morgan fingerprint density at radius 2 is 2.05 bits per heavy atom.